The maximum Gasteiger partial charge on any atom is 0.470 e. The van der Waals surface area contributed by atoms with Gasteiger partial charge in [-0.3, -0.25) is 9.51 Å². The summed E-state index contributed by atoms with van der Waals surface area (Å²) in [5.74, 6) is -1.74. The van der Waals surface area contributed by atoms with Crippen molar-refractivity contribution in [2.75, 3.05) is 18.9 Å². The summed E-state index contributed by atoms with van der Waals surface area (Å²) < 4.78 is 33.9. The summed E-state index contributed by atoms with van der Waals surface area (Å²) in [6, 6.07) is 15.6. The number of benzene rings is 2. The standard InChI is InChI=1S/C28H32N3O11P/c29-13-21(32)17-9-7-16(8-10-17)12-22-25(41-28(35)19-5-1-2-6-20(19)30)26(42-43(36,37)38)24(33)23(40-22)15-39-27(34)18-4-3-11-31-14-18/h1-11,14,21-26,32-33H,12-13,15,29-30H2,(H2,36,37,38)/t21?,22-,23+,24+,25-,26-/m0/s1. The van der Waals surface area contributed by atoms with E-state index in [1.54, 1.807) is 36.4 Å². The third kappa shape index (κ3) is 8.44. The monoisotopic (exact) mass is 617 g/mol. The molecule has 1 aliphatic heterocycles. The molecule has 2 heterocycles. The first-order valence-corrected chi connectivity index (χ1v) is 14.7. The molecule has 0 bridgehead atoms. The van der Waals surface area contributed by atoms with Gasteiger partial charge in [-0.1, -0.05) is 36.4 Å². The number of esters is 2. The zero-order valence-corrected chi connectivity index (χ0v) is 23.6. The molecule has 0 spiro atoms. The molecule has 14 nitrogen and oxygen atoms in total. The van der Waals surface area contributed by atoms with Crippen molar-refractivity contribution >= 4 is 25.4 Å². The van der Waals surface area contributed by atoms with Crippen LogP contribution in [0.3, 0.4) is 0 Å². The van der Waals surface area contributed by atoms with Gasteiger partial charge >= 0.3 is 19.8 Å². The van der Waals surface area contributed by atoms with Crippen LogP contribution in [0.1, 0.15) is 37.9 Å². The summed E-state index contributed by atoms with van der Waals surface area (Å²) in [6.07, 6.45) is -5.87. The summed E-state index contributed by atoms with van der Waals surface area (Å²) in [5, 5.41) is 21.2. The number of hydrogen-bond acceptors (Lipinski definition) is 12. The van der Waals surface area contributed by atoms with Crippen molar-refractivity contribution in [2.24, 2.45) is 5.73 Å². The van der Waals surface area contributed by atoms with E-state index in [0.717, 1.165) is 0 Å². The molecule has 4 rings (SSSR count). The van der Waals surface area contributed by atoms with Crippen LogP contribution in [0.15, 0.2) is 73.1 Å². The quantitative estimate of drug-likeness (QED) is 0.0996. The smallest absolute Gasteiger partial charge is 0.459 e. The molecular formula is C28H32N3O11P. The van der Waals surface area contributed by atoms with Gasteiger partial charge in [-0.25, -0.2) is 14.2 Å². The number of phosphoric ester groups is 1. The minimum atomic E-state index is -5.26. The Kier molecular flexibility index (Phi) is 10.6. The Morgan fingerprint density at radius 3 is 2.35 bits per heavy atom. The van der Waals surface area contributed by atoms with Crippen molar-refractivity contribution in [1.82, 2.24) is 4.98 Å². The van der Waals surface area contributed by atoms with Gasteiger partial charge in [0.2, 0.25) is 0 Å². The highest BCUT2D eigenvalue weighted by Crippen LogP contribution is 2.42. The number of phosphoric acid groups is 1. The fraction of sp³-hybridized carbons (Fsp3) is 0.321. The Hall–Kier alpha value is -3.72. The van der Waals surface area contributed by atoms with Crippen LogP contribution in [0, 0.1) is 0 Å². The maximum absolute atomic E-state index is 13.2. The van der Waals surface area contributed by atoms with Crippen LogP contribution in [0.2, 0.25) is 0 Å². The lowest BCUT2D eigenvalue weighted by atomic mass is 9.91. The van der Waals surface area contributed by atoms with E-state index < -0.39 is 63.0 Å². The van der Waals surface area contributed by atoms with Crippen LogP contribution < -0.4 is 11.5 Å². The highest BCUT2D eigenvalue weighted by Gasteiger charge is 2.51. The highest BCUT2D eigenvalue weighted by molar-refractivity contribution is 7.46. The van der Waals surface area contributed by atoms with Crippen LogP contribution in [-0.2, 0) is 29.7 Å². The molecular weight excluding hydrogens is 585 g/mol. The van der Waals surface area contributed by atoms with Crippen molar-refractivity contribution < 1.29 is 52.9 Å². The van der Waals surface area contributed by atoms with Gasteiger partial charge < -0.3 is 45.7 Å². The number of aliphatic hydroxyl groups is 2. The molecule has 230 valence electrons. The number of ether oxygens (including phenoxy) is 3. The molecule has 0 radical (unpaired) electrons. The molecule has 3 aromatic rings. The van der Waals surface area contributed by atoms with Gasteiger partial charge in [-0.2, -0.15) is 0 Å². The van der Waals surface area contributed by atoms with E-state index in [2.05, 4.69) is 4.98 Å². The molecule has 1 saturated heterocycles. The average Bonchev–Trinajstić information content (AvgIpc) is 2.99. The summed E-state index contributed by atoms with van der Waals surface area (Å²) in [5.41, 5.74) is 12.8. The van der Waals surface area contributed by atoms with E-state index in [0.29, 0.717) is 11.1 Å². The number of hydrogen-bond donors (Lipinski definition) is 6. The van der Waals surface area contributed by atoms with Gasteiger partial charge in [0.25, 0.3) is 0 Å². The first kappa shape index (κ1) is 32.2. The fourth-order valence-corrected chi connectivity index (χ4v) is 5.13. The zero-order valence-electron chi connectivity index (χ0n) is 22.7. The Labute approximate surface area is 246 Å². The minimum Gasteiger partial charge on any atom is -0.459 e. The highest BCUT2D eigenvalue weighted by atomic mass is 31.2. The first-order valence-electron chi connectivity index (χ1n) is 13.1. The largest absolute Gasteiger partial charge is 0.470 e. The molecule has 0 saturated carbocycles. The fourth-order valence-electron chi connectivity index (χ4n) is 4.56. The van der Waals surface area contributed by atoms with Crippen molar-refractivity contribution in [1.29, 1.82) is 0 Å². The molecule has 0 aliphatic carbocycles. The maximum atomic E-state index is 13.2. The number of nitrogens with zero attached hydrogens (tertiary/aromatic N) is 1. The van der Waals surface area contributed by atoms with E-state index in [-0.39, 0.29) is 29.8 Å². The number of aliphatic hydroxyl groups excluding tert-OH is 2. The van der Waals surface area contributed by atoms with Gasteiger partial charge in [0.1, 0.15) is 31.0 Å². The van der Waals surface area contributed by atoms with E-state index in [4.69, 9.17) is 30.2 Å². The van der Waals surface area contributed by atoms with Crippen molar-refractivity contribution in [3.05, 3.63) is 95.3 Å². The molecule has 1 unspecified atom stereocenters. The zero-order chi connectivity index (χ0) is 31.1. The summed E-state index contributed by atoms with van der Waals surface area (Å²) in [7, 11) is -5.26. The van der Waals surface area contributed by atoms with Crippen LogP contribution in [0.5, 0.6) is 0 Å². The van der Waals surface area contributed by atoms with E-state index in [1.165, 1.54) is 36.7 Å². The van der Waals surface area contributed by atoms with Crippen LogP contribution in [-0.4, -0.2) is 80.6 Å². The van der Waals surface area contributed by atoms with E-state index >= 15 is 0 Å². The molecule has 1 fully saturated rings. The number of rotatable bonds is 11. The Bertz CT molecular complexity index is 1440. The molecule has 43 heavy (non-hydrogen) atoms. The Balaban J connectivity index is 1.65. The second kappa shape index (κ2) is 14.2. The summed E-state index contributed by atoms with van der Waals surface area (Å²) in [6.45, 7) is -0.537. The Morgan fingerprint density at radius 1 is 1.00 bits per heavy atom. The lowest BCUT2D eigenvalue weighted by Gasteiger charge is -2.43. The van der Waals surface area contributed by atoms with Gasteiger partial charge in [-0.15, -0.1) is 0 Å². The number of para-hydroxylation sites is 1. The molecule has 6 atom stereocenters. The molecule has 15 heteroatoms. The lowest BCUT2D eigenvalue weighted by Crippen LogP contribution is -2.61. The summed E-state index contributed by atoms with van der Waals surface area (Å²) >= 11 is 0. The van der Waals surface area contributed by atoms with Gasteiger partial charge in [0.05, 0.1) is 17.2 Å². The minimum absolute atomic E-state index is 0.00442. The summed E-state index contributed by atoms with van der Waals surface area (Å²) in [4.78, 5) is 48.9. The lowest BCUT2D eigenvalue weighted by molar-refractivity contribution is -0.224. The molecule has 1 aliphatic rings. The third-order valence-electron chi connectivity index (χ3n) is 6.74. The van der Waals surface area contributed by atoms with Crippen molar-refractivity contribution in [2.45, 2.75) is 43.0 Å². The van der Waals surface area contributed by atoms with Gasteiger partial charge in [0, 0.05) is 31.0 Å². The molecule has 8 N–H and O–H groups in total. The number of pyridine rings is 1. The normalized spacial score (nSPS) is 22.9. The molecule has 2 aromatic carbocycles. The average molecular weight is 618 g/mol. The van der Waals surface area contributed by atoms with Crippen LogP contribution in [0.25, 0.3) is 0 Å². The van der Waals surface area contributed by atoms with Crippen molar-refractivity contribution in [3.8, 4) is 0 Å². The number of carbonyl (C=O) groups is 2. The second-order valence-corrected chi connectivity index (χ2v) is 11.0. The third-order valence-corrected chi connectivity index (χ3v) is 7.26. The SMILES string of the molecule is NCC(O)c1ccc(C[C@@H]2O[C@H](COC(=O)c3cccnc3)[C@@H](O)[C@H](OP(=O)(O)O)[C@H]2OC(=O)c2ccccc2N)cc1. The number of anilines is 1. The molecule has 0 amide bonds. The van der Waals surface area contributed by atoms with Gasteiger partial charge in [0.15, 0.2) is 6.10 Å². The van der Waals surface area contributed by atoms with Crippen LogP contribution >= 0.6 is 7.82 Å². The number of nitrogens with two attached hydrogens (primary N) is 2. The first-order chi connectivity index (χ1) is 20.5. The Morgan fingerprint density at radius 2 is 1.72 bits per heavy atom. The number of carbonyl (C=O) groups excluding carboxylic acids is 2. The second-order valence-electron chi connectivity index (χ2n) is 9.76. The predicted octanol–water partition coefficient (Wildman–Crippen LogP) is 0.887. The topological polar surface area (TPSA) is 234 Å². The van der Waals surface area contributed by atoms with Crippen LogP contribution in [0.4, 0.5) is 5.69 Å². The predicted molar refractivity (Wildman–Crippen MR) is 150 cm³/mol. The van der Waals surface area contributed by atoms with Crippen molar-refractivity contribution in [3.63, 3.8) is 0 Å². The van der Waals surface area contributed by atoms with Gasteiger partial charge in [-0.05, 0) is 35.4 Å². The number of aromatic nitrogens is 1. The van der Waals surface area contributed by atoms with E-state index in [9.17, 15) is 34.2 Å². The number of nitrogen functional groups attached to an aromatic ring is 1. The van der Waals surface area contributed by atoms with E-state index in [1.807, 2.05) is 0 Å². The molecule has 1 aromatic heterocycles.